The minimum absolute atomic E-state index is 0.340. The first-order valence-corrected chi connectivity index (χ1v) is 7.10. The maximum absolute atomic E-state index is 11.4. The summed E-state index contributed by atoms with van der Waals surface area (Å²) in [6.07, 6.45) is 3.55. The molecule has 2 rings (SSSR count). The lowest BCUT2D eigenvalue weighted by Gasteiger charge is -2.47. The molecule has 4 nitrogen and oxygen atoms in total. The number of hydrogen-bond acceptors (Lipinski definition) is 3. The van der Waals surface area contributed by atoms with Gasteiger partial charge in [0.15, 0.2) is 0 Å². The molecule has 0 aromatic rings. The first-order valence-electron chi connectivity index (χ1n) is 7.10. The molecule has 3 atom stereocenters. The number of carboxylic acid groups (broad SMARTS) is 1. The van der Waals surface area contributed by atoms with Gasteiger partial charge in [0.05, 0.1) is 0 Å². The van der Waals surface area contributed by atoms with Crippen molar-refractivity contribution in [2.45, 2.75) is 52.1 Å². The van der Waals surface area contributed by atoms with Crippen LogP contribution < -0.4 is 5.32 Å². The first kappa shape index (κ1) is 13.8. The van der Waals surface area contributed by atoms with E-state index in [9.17, 15) is 9.90 Å². The largest absolute Gasteiger partial charge is 0.480 e. The standard InChI is InChI=1S/C14H26N2O2/c1-10-8-14(2,3)5-4-11(10)16-7-6-15-9-12(16)13(17)18/h10-12,15H,4-9H2,1-3H3,(H,17,18). The lowest BCUT2D eigenvalue weighted by Crippen LogP contribution is -2.60. The van der Waals surface area contributed by atoms with Gasteiger partial charge in [-0.3, -0.25) is 9.69 Å². The predicted octanol–water partition coefficient (Wildman–Crippen LogP) is 1.56. The summed E-state index contributed by atoms with van der Waals surface area (Å²) in [5.74, 6) is -0.0899. The van der Waals surface area contributed by atoms with E-state index in [4.69, 9.17) is 0 Å². The summed E-state index contributed by atoms with van der Waals surface area (Å²) >= 11 is 0. The Labute approximate surface area is 110 Å². The Hall–Kier alpha value is -0.610. The molecule has 3 unspecified atom stereocenters. The number of hydrogen-bond donors (Lipinski definition) is 2. The molecule has 0 aromatic heterocycles. The Morgan fingerprint density at radius 2 is 2.17 bits per heavy atom. The van der Waals surface area contributed by atoms with Crippen molar-refractivity contribution in [1.29, 1.82) is 0 Å². The quantitative estimate of drug-likeness (QED) is 0.785. The molecule has 2 fully saturated rings. The van der Waals surface area contributed by atoms with E-state index >= 15 is 0 Å². The van der Waals surface area contributed by atoms with Gasteiger partial charge >= 0.3 is 5.97 Å². The van der Waals surface area contributed by atoms with Crippen LogP contribution >= 0.6 is 0 Å². The molecule has 1 aliphatic carbocycles. The van der Waals surface area contributed by atoms with Gasteiger partial charge < -0.3 is 10.4 Å². The zero-order valence-electron chi connectivity index (χ0n) is 11.8. The van der Waals surface area contributed by atoms with Crippen LogP contribution in [0, 0.1) is 11.3 Å². The van der Waals surface area contributed by atoms with E-state index in [-0.39, 0.29) is 6.04 Å². The van der Waals surface area contributed by atoms with Gasteiger partial charge in [0.1, 0.15) is 6.04 Å². The minimum Gasteiger partial charge on any atom is -0.480 e. The molecular weight excluding hydrogens is 228 g/mol. The van der Waals surface area contributed by atoms with Crippen molar-refractivity contribution in [3.05, 3.63) is 0 Å². The predicted molar refractivity (Wildman–Crippen MR) is 71.6 cm³/mol. The Morgan fingerprint density at radius 1 is 1.44 bits per heavy atom. The summed E-state index contributed by atoms with van der Waals surface area (Å²) in [4.78, 5) is 13.6. The lowest BCUT2D eigenvalue weighted by molar-refractivity contribution is -0.146. The van der Waals surface area contributed by atoms with E-state index in [0.29, 0.717) is 23.9 Å². The molecule has 0 spiro atoms. The smallest absolute Gasteiger partial charge is 0.322 e. The molecule has 0 radical (unpaired) electrons. The van der Waals surface area contributed by atoms with Gasteiger partial charge in [0.2, 0.25) is 0 Å². The fourth-order valence-electron chi connectivity index (χ4n) is 3.77. The van der Waals surface area contributed by atoms with Crippen molar-refractivity contribution in [3.8, 4) is 0 Å². The van der Waals surface area contributed by atoms with E-state index in [1.165, 1.54) is 12.8 Å². The summed E-state index contributed by atoms with van der Waals surface area (Å²) in [5, 5.41) is 12.5. The van der Waals surface area contributed by atoms with Crippen molar-refractivity contribution < 1.29 is 9.90 Å². The average molecular weight is 254 g/mol. The van der Waals surface area contributed by atoms with Crippen molar-refractivity contribution in [1.82, 2.24) is 10.2 Å². The summed E-state index contributed by atoms with van der Waals surface area (Å²) in [7, 11) is 0. The van der Waals surface area contributed by atoms with Crippen LogP contribution in [-0.2, 0) is 4.79 Å². The zero-order chi connectivity index (χ0) is 13.3. The molecule has 0 aromatic carbocycles. The van der Waals surface area contributed by atoms with E-state index in [1.54, 1.807) is 0 Å². The fourth-order valence-corrected chi connectivity index (χ4v) is 3.77. The Kier molecular flexibility index (Phi) is 3.97. The van der Waals surface area contributed by atoms with Gasteiger partial charge in [0, 0.05) is 25.7 Å². The maximum Gasteiger partial charge on any atom is 0.322 e. The summed E-state index contributed by atoms with van der Waals surface area (Å²) < 4.78 is 0. The van der Waals surface area contributed by atoms with Crippen molar-refractivity contribution >= 4 is 5.97 Å². The fraction of sp³-hybridized carbons (Fsp3) is 0.929. The highest BCUT2D eigenvalue weighted by Gasteiger charge is 2.40. The normalized spacial score (nSPS) is 37.4. The van der Waals surface area contributed by atoms with Crippen LogP contribution in [0.25, 0.3) is 0 Å². The van der Waals surface area contributed by atoms with E-state index < -0.39 is 5.97 Å². The molecule has 18 heavy (non-hydrogen) atoms. The van der Waals surface area contributed by atoms with Crippen LogP contribution in [0.1, 0.15) is 40.0 Å². The molecule has 2 N–H and O–H groups in total. The highest BCUT2D eigenvalue weighted by Crippen LogP contribution is 2.40. The second kappa shape index (κ2) is 5.17. The number of piperazine rings is 1. The number of nitrogens with one attached hydrogen (secondary N) is 1. The third kappa shape index (κ3) is 2.86. The third-order valence-corrected chi connectivity index (χ3v) is 4.64. The van der Waals surface area contributed by atoms with Gasteiger partial charge in [-0.2, -0.15) is 0 Å². The molecule has 0 bridgehead atoms. The molecule has 104 valence electrons. The number of aliphatic carboxylic acids is 1. The molecule has 0 amide bonds. The molecule has 2 aliphatic rings. The molecule has 1 heterocycles. The Bertz CT molecular complexity index is 317. The Balaban J connectivity index is 2.07. The molecule has 4 heteroatoms. The van der Waals surface area contributed by atoms with Crippen LogP contribution in [0.2, 0.25) is 0 Å². The number of carboxylic acids is 1. The van der Waals surface area contributed by atoms with Crippen LogP contribution in [0.3, 0.4) is 0 Å². The monoisotopic (exact) mass is 254 g/mol. The second-order valence-corrected chi connectivity index (χ2v) is 6.75. The molecular formula is C14H26N2O2. The van der Waals surface area contributed by atoms with Crippen LogP contribution in [0.5, 0.6) is 0 Å². The van der Waals surface area contributed by atoms with Gasteiger partial charge in [-0.15, -0.1) is 0 Å². The van der Waals surface area contributed by atoms with Gasteiger partial charge in [-0.05, 0) is 30.6 Å². The van der Waals surface area contributed by atoms with Crippen LogP contribution in [0.15, 0.2) is 0 Å². The number of nitrogens with zero attached hydrogens (tertiary/aromatic N) is 1. The van der Waals surface area contributed by atoms with Crippen LogP contribution in [-0.4, -0.2) is 47.7 Å². The molecule has 1 aliphatic heterocycles. The highest BCUT2D eigenvalue weighted by atomic mass is 16.4. The van der Waals surface area contributed by atoms with E-state index in [1.807, 2.05) is 0 Å². The summed E-state index contributed by atoms with van der Waals surface area (Å²) in [5.41, 5.74) is 0.419. The third-order valence-electron chi connectivity index (χ3n) is 4.64. The maximum atomic E-state index is 11.4. The average Bonchev–Trinajstić information content (AvgIpc) is 2.28. The lowest BCUT2D eigenvalue weighted by atomic mass is 9.70. The van der Waals surface area contributed by atoms with Gasteiger partial charge in [-0.25, -0.2) is 0 Å². The van der Waals surface area contributed by atoms with Crippen molar-refractivity contribution in [3.63, 3.8) is 0 Å². The van der Waals surface area contributed by atoms with Crippen LogP contribution in [0.4, 0.5) is 0 Å². The summed E-state index contributed by atoms with van der Waals surface area (Å²) in [6.45, 7) is 9.30. The SMILES string of the molecule is CC1CC(C)(C)CCC1N1CCNCC1C(=O)O. The van der Waals surface area contributed by atoms with Gasteiger partial charge in [0.25, 0.3) is 0 Å². The minimum atomic E-state index is -0.681. The van der Waals surface area contributed by atoms with Crippen molar-refractivity contribution in [2.75, 3.05) is 19.6 Å². The zero-order valence-corrected chi connectivity index (χ0v) is 11.8. The number of carbonyl (C=O) groups is 1. The molecule has 1 saturated heterocycles. The topological polar surface area (TPSA) is 52.6 Å². The summed E-state index contributed by atoms with van der Waals surface area (Å²) in [6, 6.07) is 0.105. The molecule has 1 saturated carbocycles. The Morgan fingerprint density at radius 3 is 2.78 bits per heavy atom. The van der Waals surface area contributed by atoms with Crippen molar-refractivity contribution in [2.24, 2.45) is 11.3 Å². The van der Waals surface area contributed by atoms with Gasteiger partial charge in [-0.1, -0.05) is 20.8 Å². The second-order valence-electron chi connectivity index (χ2n) is 6.75. The van der Waals surface area contributed by atoms with E-state index in [2.05, 4.69) is 31.0 Å². The first-order chi connectivity index (χ1) is 8.41. The highest BCUT2D eigenvalue weighted by molar-refractivity contribution is 5.74. The number of rotatable bonds is 2. The van der Waals surface area contributed by atoms with E-state index in [0.717, 1.165) is 19.5 Å².